The van der Waals surface area contributed by atoms with Crippen LogP contribution in [-0.4, -0.2) is 29.9 Å². The van der Waals surface area contributed by atoms with Gasteiger partial charge >= 0.3 is 0 Å². The largest absolute Gasteiger partial charge is 0.344 e. The quantitative estimate of drug-likeness (QED) is 0.790. The Hall–Kier alpha value is -0.900. The second kappa shape index (κ2) is 5.26. The molecule has 1 rings (SSSR count). The van der Waals surface area contributed by atoms with E-state index in [0.29, 0.717) is 0 Å². The lowest BCUT2D eigenvalue weighted by atomic mass is 10.2. The van der Waals surface area contributed by atoms with Gasteiger partial charge in [-0.3, -0.25) is 4.79 Å². The highest BCUT2D eigenvalue weighted by molar-refractivity contribution is 7.13. The zero-order valence-electron chi connectivity index (χ0n) is 9.83. The van der Waals surface area contributed by atoms with Gasteiger partial charge in [0.1, 0.15) is 4.88 Å². The number of thiazole rings is 1. The monoisotopic (exact) mass is 226 g/mol. The van der Waals surface area contributed by atoms with Gasteiger partial charge in [0, 0.05) is 14.1 Å². The van der Waals surface area contributed by atoms with Gasteiger partial charge in [0.25, 0.3) is 5.91 Å². The van der Waals surface area contributed by atoms with E-state index in [4.69, 9.17) is 0 Å². The van der Waals surface area contributed by atoms with Crippen molar-refractivity contribution < 1.29 is 4.79 Å². The third-order valence-corrected chi connectivity index (χ3v) is 3.17. The second-order valence-electron chi connectivity index (χ2n) is 3.81. The number of carbonyl (C=O) groups is 1. The van der Waals surface area contributed by atoms with Crippen LogP contribution in [0.4, 0.5) is 0 Å². The van der Waals surface area contributed by atoms with Gasteiger partial charge in [-0.2, -0.15) is 0 Å². The van der Waals surface area contributed by atoms with Gasteiger partial charge in [0.05, 0.1) is 10.7 Å². The van der Waals surface area contributed by atoms with Gasteiger partial charge in [-0.05, 0) is 19.8 Å². The Morgan fingerprint density at radius 1 is 1.47 bits per heavy atom. The van der Waals surface area contributed by atoms with E-state index in [1.54, 1.807) is 19.0 Å². The molecule has 0 aliphatic carbocycles. The van der Waals surface area contributed by atoms with Crippen LogP contribution in [-0.2, 0) is 6.42 Å². The van der Waals surface area contributed by atoms with Gasteiger partial charge in [0.2, 0.25) is 0 Å². The Kier molecular flexibility index (Phi) is 4.27. The summed E-state index contributed by atoms with van der Waals surface area (Å²) >= 11 is 1.50. The maximum Gasteiger partial charge on any atom is 0.265 e. The summed E-state index contributed by atoms with van der Waals surface area (Å²) in [7, 11) is 3.56. The fourth-order valence-corrected chi connectivity index (χ4v) is 2.34. The summed E-state index contributed by atoms with van der Waals surface area (Å²) < 4.78 is 0. The fourth-order valence-electron chi connectivity index (χ4n) is 1.35. The maximum atomic E-state index is 11.8. The normalized spacial score (nSPS) is 10.4. The van der Waals surface area contributed by atoms with Crippen molar-refractivity contribution in [3.8, 4) is 0 Å². The lowest BCUT2D eigenvalue weighted by Crippen LogP contribution is -2.21. The molecule has 84 valence electrons. The lowest BCUT2D eigenvalue weighted by molar-refractivity contribution is 0.0831. The first-order chi connectivity index (χ1) is 7.06. The lowest BCUT2D eigenvalue weighted by Gasteiger charge is -2.09. The van der Waals surface area contributed by atoms with Crippen molar-refractivity contribution in [1.82, 2.24) is 9.88 Å². The summed E-state index contributed by atoms with van der Waals surface area (Å²) in [6, 6.07) is 0. The summed E-state index contributed by atoms with van der Waals surface area (Å²) in [4.78, 5) is 18.7. The number of carbonyl (C=O) groups excluding carboxylic acids is 1. The molecule has 0 saturated carbocycles. The molecule has 1 aromatic rings. The summed E-state index contributed by atoms with van der Waals surface area (Å²) in [5.41, 5.74) is 0.970. The molecule has 3 nitrogen and oxygen atoms in total. The van der Waals surface area contributed by atoms with Crippen molar-refractivity contribution in [2.45, 2.75) is 33.1 Å². The summed E-state index contributed by atoms with van der Waals surface area (Å²) in [6.07, 6.45) is 3.14. The topological polar surface area (TPSA) is 33.2 Å². The zero-order valence-corrected chi connectivity index (χ0v) is 10.6. The maximum absolute atomic E-state index is 11.8. The zero-order chi connectivity index (χ0) is 11.4. The second-order valence-corrected chi connectivity index (χ2v) is 5.02. The van der Waals surface area contributed by atoms with Crippen LogP contribution in [0.25, 0.3) is 0 Å². The standard InChI is InChI=1S/C11H18N2OS/c1-5-6-7-9-10(11(14)13(3)4)15-8(2)12-9/h5-7H2,1-4H3. The van der Waals surface area contributed by atoms with E-state index in [2.05, 4.69) is 11.9 Å². The Morgan fingerprint density at radius 3 is 2.67 bits per heavy atom. The molecule has 0 spiro atoms. The smallest absolute Gasteiger partial charge is 0.265 e. The van der Waals surface area contributed by atoms with Crippen molar-refractivity contribution in [1.29, 1.82) is 0 Å². The Bertz CT molecular complexity index is 344. The number of amides is 1. The van der Waals surface area contributed by atoms with Crippen LogP contribution in [0.3, 0.4) is 0 Å². The number of nitrogens with zero attached hydrogens (tertiary/aromatic N) is 2. The van der Waals surface area contributed by atoms with Crippen molar-refractivity contribution in [2.75, 3.05) is 14.1 Å². The van der Waals surface area contributed by atoms with Crippen LogP contribution in [0.15, 0.2) is 0 Å². The number of rotatable bonds is 4. The number of hydrogen-bond donors (Lipinski definition) is 0. The van der Waals surface area contributed by atoms with Crippen molar-refractivity contribution >= 4 is 17.2 Å². The molecule has 1 aromatic heterocycles. The van der Waals surface area contributed by atoms with Crippen LogP contribution in [0.5, 0.6) is 0 Å². The third kappa shape index (κ3) is 3.02. The molecule has 1 amide bonds. The molecule has 0 radical (unpaired) electrons. The van der Waals surface area contributed by atoms with E-state index in [1.165, 1.54) is 11.3 Å². The predicted octanol–water partition coefficient (Wildman–Crippen LogP) is 2.50. The highest BCUT2D eigenvalue weighted by atomic mass is 32.1. The minimum atomic E-state index is 0.0757. The fraction of sp³-hybridized carbons (Fsp3) is 0.636. The van der Waals surface area contributed by atoms with Gasteiger partial charge < -0.3 is 4.90 Å². The Labute approximate surface area is 95.1 Å². The number of aryl methyl sites for hydroxylation is 2. The first-order valence-electron chi connectivity index (χ1n) is 5.24. The molecular weight excluding hydrogens is 208 g/mol. The van der Waals surface area contributed by atoms with Gasteiger partial charge in [0.15, 0.2) is 0 Å². The molecule has 0 saturated heterocycles. The van der Waals surface area contributed by atoms with E-state index in [0.717, 1.165) is 34.8 Å². The summed E-state index contributed by atoms with van der Waals surface area (Å²) in [5.74, 6) is 0.0757. The minimum Gasteiger partial charge on any atom is -0.344 e. The molecule has 0 aliphatic rings. The van der Waals surface area contributed by atoms with Crippen molar-refractivity contribution in [2.24, 2.45) is 0 Å². The molecule has 0 atom stereocenters. The highest BCUT2D eigenvalue weighted by Gasteiger charge is 2.17. The van der Waals surface area contributed by atoms with Crippen molar-refractivity contribution in [3.63, 3.8) is 0 Å². The van der Waals surface area contributed by atoms with E-state index >= 15 is 0 Å². The molecule has 15 heavy (non-hydrogen) atoms. The third-order valence-electron chi connectivity index (χ3n) is 2.17. The molecular formula is C11H18N2OS. The molecule has 0 bridgehead atoms. The average molecular weight is 226 g/mol. The Balaban J connectivity index is 2.90. The predicted molar refractivity (Wildman–Crippen MR) is 63.5 cm³/mol. The number of aromatic nitrogens is 1. The number of unbranched alkanes of at least 4 members (excludes halogenated alkanes) is 1. The SMILES string of the molecule is CCCCc1nc(C)sc1C(=O)N(C)C. The molecule has 0 aliphatic heterocycles. The summed E-state index contributed by atoms with van der Waals surface area (Å²) in [5, 5.41) is 0.978. The number of hydrogen-bond acceptors (Lipinski definition) is 3. The van der Waals surface area contributed by atoms with Gasteiger partial charge in [-0.25, -0.2) is 4.98 Å². The van der Waals surface area contributed by atoms with E-state index in [-0.39, 0.29) is 5.91 Å². The molecule has 0 N–H and O–H groups in total. The van der Waals surface area contributed by atoms with Gasteiger partial charge in [-0.15, -0.1) is 11.3 Å². The molecule has 0 aromatic carbocycles. The molecule has 0 unspecified atom stereocenters. The van der Waals surface area contributed by atoms with Crippen LogP contribution >= 0.6 is 11.3 Å². The molecule has 1 heterocycles. The average Bonchev–Trinajstić information content (AvgIpc) is 2.55. The van der Waals surface area contributed by atoms with Gasteiger partial charge in [-0.1, -0.05) is 13.3 Å². The van der Waals surface area contributed by atoms with Crippen LogP contribution < -0.4 is 0 Å². The Morgan fingerprint density at radius 2 is 2.13 bits per heavy atom. The highest BCUT2D eigenvalue weighted by Crippen LogP contribution is 2.20. The first-order valence-corrected chi connectivity index (χ1v) is 6.05. The van der Waals surface area contributed by atoms with Crippen LogP contribution in [0, 0.1) is 6.92 Å². The first kappa shape index (κ1) is 12.2. The van der Waals surface area contributed by atoms with Crippen molar-refractivity contribution in [3.05, 3.63) is 15.6 Å². The summed E-state index contributed by atoms with van der Waals surface area (Å²) in [6.45, 7) is 4.10. The van der Waals surface area contributed by atoms with E-state index in [9.17, 15) is 4.79 Å². The van der Waals surface area contributed by atoms with E-state index in [1.807, 2.05) is 6.92 Å². The van der Waals surface area contributed by atoms with E-state index < -0.39 is 0 Å². The van der Waals surface area contributed by atoms with Crippen LogP contribution in [0.1, 0.15) is 40.1 Å². The molecule has 0 fully saturated rings. The molecule has 4 heteroatoms. The minimum absolute atomic E-state index is 0.0757. The van der Waals surface area contributed by atoms with Crippen LogP contribution in [0.2, 0.25) is 0 Å².